The third-order valence-electron chi connectivity index (χ3n) is 4.09. The fraction of sp³-hybridized carbons (Fsp3) is 0.944. The zero-order valence-electron chi connectivity index (χ0n) is 17.1. The Labute approximate surface area is 182 Å². The molecule has 0 radical (unpaired) electrons. The summed E-state index contributed by atoms with van der Waals surface area (Å²) in [6, 6.07) is 0. The van der Waals surface area contributed by atoms with Crippen LogP contribution in [0, 0.1) is 0 Å². The van der Waals surface area contributed by atoms with Crippen molar-refractivity contribution in [3.05, 3.63) is 0 Å². The van der Waals surface area contributed by atoms with Crippen LogP contribution in [-0.4, -0.2) is 37.0 Å². The number of nitrogens with one attached hydrogen (secondary N) is 1. The van der Waals surface area contributed by atoms with E-state index in [1.165, 1.54) is 44.9 Å². The number of ether oxygens (including phenoxy) is 1. The third-order valence-corrected chi connectivity index (χ3v) is 4.88. The summed E-state index contributed by atoms with van der Waals surface area (Å²) in [6.45, 7) is 6.09. The SMILES string of the molecule is CCCCCCCCCCCC(C)(C)OC(=O)NCCCS(=O)(=O)[O-].[Na+]. The third kappa shape index (κ3) is 20.5. The fourth-order valence-corrected chi connectivity index (χ4v) is 3.14. The number of amides is 1. The molecule has 0 aliphatic carbocycles. The molecule has 0 aliphatic heterocycles. The van der Waals surface area contributed by atoms with E-state index in [1.54, 1.807) is 0 Å². The standard InChI is InChI=1S/C18H37NO5S.Na/c1-4-5-6-7-8-9-10-11-12-14-18(2,3)24-17(20)19-15-13-16-25(21,22)23;/h4-16H2,1-3H3,(H,19,20)(H,21,22,23);/q;+1/p-1. The number of carbonyl (C=O) groups excluding carboxylic acids is 1. The van der Waals surface area contributed by atoms with Crippen LogP contribution in [0.3, 0.4) is 0 Å². The summed E-state index contributed by atoms with van der Waals surface area (Å²) in [4.78, 5) is 11.7. The van der Waals surface area contributed by atoms with Crippen LogP contribution in [0.25, 0.3) is 0 Å². The van der Waals surface area contributed by atoms with E-state index < -0.39 is 27.6 Å². The van der Waals surface area contributed by atoms with Crippen LogP contribution in [-0.2, 0) is 14.9 Å². The zero-order valence-corrected chi connectivity index (χ0v) is 20.0. The van der Waals surface area contributed by atoms with Crippen molar-refractivity contribution in [2.24, 2.45) is 0 Å². The van der Waals surface area contributed by atoms with Gasteiger partial charge in [-0.05, 0) is 33.1 Å². The van der Waals surface area contributed by atoms with Crippen molar-refractivity contribution in [3.8, 4) is 0 Å². The summed E-state index contributed by atoms with van der Waals surface area (Å²) in [5, 5.41) is 2.48. The van der Waals surface area contributed by atoms with Gasteiger partial charge < -0.3 is 14.6 Å². The molecule has 0 saturated carbocycles. The second kappa shape index (κ2) is 16.2. The van der Waals surface area contributed by atoms with E-state index in [0.29, 0.717) is 0 Å². The first-order chi connectivity index (χ1) is 11.7. The number of hydrogen-bond donors (Lipinski definition) is 1. The van der Waals surface area contributed by atoms with Gasteiger partial charge in [-0.25, -0.2) is 13.2 Å². The Morgan fingerprint density at radius 2 is 1.46 bits per heavy atom. The molecule has 0 atom stereocenters. The Morgan fingerprint density at radius 3 is 1.96 bits per heavy atom. The zero-order chi connectivity index (χ0) is 19.2. The van der Waals surface area contributed by atoms with Crippen molar-refractivity contribution in [2.75, 3.05) is 12.3 Å². The van der Waals surface area contributed by atoms with Crippen LogP contribution in [0.2, 0.25) is 0 Å². The molecule has 0 bridgehead atoms. The summed E-state index contributed by atoms with van der Waals surface area (Å²) in [5.41, 5.74) is -0.546. The quantitative estimate of drug-likeness (QED) is 0.254. The van der Waals surface area contributed by atoms with Crippen LogP contribution >= 0.6 is 0 Å². The molecule has 0 rings (SSSR count). The van der Waals surface area contributed by atoms with Crippen LogP contribution in [0.15, 0.2) is 0 Å². The molecule has 26 heavy (non-hydrogen) atoms. The van der Waals surface area contributed by atoms with Crippen molar-refractivity contribution in [1.29, 1.82) is 0 Å². The minimum atomic E-state index is -4.23. The Balaban J connectivity index is 0. The van der Waals surface area contributed by atoms with Crippen molar-refractivity contribution >= 4 is 16.2 Å². The predicted octanol–water partition coefficient (Wildman–Crippen LogP) is 1.35. The number of carbonyl (C=O) groups is 1. The molecular weight excluding hydrogens is 365 g/mol. The van der Waals surface area contributed by atoms with E-state index in [9.17, 15) is 17.8 Å². The summed E-state index contributed by atoms with van der Waals surface area (Å²) < 4.78 is 36.8. The van der Waals surface area contributed by atoms with Crippen LogP contribution < -0.4 is 34.9 Å². The molecule has 0 fully saturated rings. The molecule has 0 aromatic carbocycles. The Morgan fingerprint density at radius 1 is 0.962 bits per heavy atom. The minimum Gasteiger partial charge on any atom is -0.748 e. The second-order valence-corrected chi connectivity index (χ2v) is 8.79. The molecule has 0 spiro atoms. The molecule has 1 amide bonds. The molecule has 8 heteroatoms. The van der Waals surface area contributed by atoms with Gasteiger partial charge in [0.05, 0.1) is 10.1 Å². The molecular formula is C18H36NNaO5S. The molecule has 0 aromatic heterocycles. The summed E-state index contributed by atoms with van der Waals surface area (Å²) in [6.07, 6.45) is 11.6. The van der Waals surface area contributed by atoms with Gasteiger partial charge in [-0.1, -0.05) is 58.3 Å². The average Bonchev–Trinajstić information content (AvgIpc) is 2.48. The van der Waals surface area contributed by atoms with Gasteiger partial charge in [0, 0.05) is 12.3 Å². The molecule has 0 heterocycles. The van der Waals surface area contributed by atoms with Crippen molar-refractivity contribution in [2.45, 2.75) is 97.0 Å². The van der Waals surface area contributed by atoms with Crippen LogP contribution in [0.5, 0.6) is 0 Å². The van der Waals surface area contributed by atoms with Crippen molar-refractivity contribution in [3.63, 3.8) is 0 Å². The summed E-state index contributed by atoms with van der Waals surface area (Å²) in [5.74, 6) is -0.477. The molecule has 0 aromatic rings. The first-order valence-corrected chi connectivity index (χ1v) is 11.1. The van der Waals surface area contributed by atoms with E-state index in [2.05, 4.69) is 12.2 Å². The van der Waals surface area contributed by atoms with E-state index in [4.69, 9.17) is 4.74 Å². The van der Waals surface area contributed by atoms with Gasteiger partial charge in [0.1, 0.15) is 5.60 Å². The van der Waals surface area contributed by atoms with Gasteiger partial charge >= 0.3 is 35.7 Å². The first kappa shape index (κ1) is 28.4. The molecule has 150 valence electrons. The van der Waals surface area contributed by atoms with Gasteiger partial charge in [-0.3, -0.25) is 0 Å². The monoisotopic (exact) mass is 401 g/mol. The van der Waals surface area contributed by atoms with Gasteiger partial charge in [0.15, 0.2) is 0 Å². The van der Waals surface area contributed by atoms with Crippen LogP contribution in [0.1, 0.15) is 91.4 Å². The van der Waals surface area contributed by atoms with Crippen molar-refractivity contribution in [1.82, 2.24) is 5.32 Å². The van der Waals surface area contributed by atoms with Gasteiger partial charge in [0.25, 0.3) is 0 Å². The minimum absolute atomic E-state index is 0. The summed E-state index contributed by atoms with van der Waals surface area (Å²) >= 11 is 0. The van der Waals surface area contributed by atoms with E-state index in [0.717, 1.165) is 19.3 Å². The Bertz CT molecular complexity index is 454. The first-order valence-electron chi connectivity index (χ1n) is 9.57. The Kier molecular flexibility index (Phi) is 17.6. The molecule has 0 unspecified atom stereocenters. The fourth-order valence-electron chi connectivity index (χ4n) is 2.64. The van der Waals surface area contributed by atoms with E-state index >= 15 is 0 Å². The predicted molar refractivity (Wildman–Crippen MR) is 99.6 cm³/mol. The number of rotatable bonds is 15. The van der Waals surface area contributed by atoms with E-state index in [-0.39, 0.29) is 42.5 Å². The smallest absolute Gasteiger partial charge is 0.748 e. The maximum absolute atomic E-state index is 11.7. The van der Waals surface area contributed by atoms with Gasteiger partial charge in [0.2, 0.25) is 0 Å². The topological polar surface area (TPSA) is 95.5 Å². The maximum atomic E-state index is 11.7. The Hall–Kier alpha value is 0.180. The molecule has 0 aliphatic rings. The van der Waals surface area contributed by atoms with E-state index in [1.807, 2.05) is 13.8 Å². The van der Waals surface area contributed by atoms with Gasteiger partial charge in [-0.2, -0.15) is 0 Å². The van der Waals surface area contributed by atoms with Crippen molar-refractivity contribution < 1.29 is 52.1 Å². The second-order valence-electron chi connectivity index (χ2n) is 7.27. The number of hydrogen-bond acceptors (Lipinski definition) is 5. The number of alkyl carbamates (subject to hydrolysis) is 1. The van der Waals surface area contributed by atoms with Gasteiger partial charge in [-0.15, -0.1) is 0 Å². The molecule has 6 nitrogen and oxygen atoms in total. The number of unbranched alkanes of at least 4 members (excludes halogenated alkanes) is 8. The summed E-state index contributed by atoms with van der Waals surface area (Å²) in [7, 11) is -4.23. The largest absolute Gasteiger partial charge is 1.00 e. The maximum Gasteiger partial charge on any atom is 1.00 e. The van der Waals surface area contributed by atoms with Crippen LogP contribution in [0.4, 0.5) is 4.79 Å². The normalized spacial score (nSPS) is 11.7. The average molecular weight is 402 g/mol. The molecule has 0 saturated heterocycles. The molecule has 1 N–H and O–H groups in total.